The lowest BCUT2D eigenvalue weighted by Gasteiger charge is -2.47. The monoisotopic (exact) mass is 152 g/mol. The number of aliphatic hydroxyl groups is 1. The minimum Gasteiger partial charge on any atom is -0.393 e. The third kappa shape index (κ3) is 0.658. The third-order valence-corrected chi connectivity index (χ3v) is 4.46. The molecule has 0 radical (unpaired) electrons. The summed E-state index contributed by atoms with van der Waals surface area (Å²) in [5.74, 6) is 1.61. The highest BCUT2D eigenvalue weighted by molar-refractivity contribution is 5.07. The largest absolute Gasteiger partial charge is 0.393 e. The van der Waals surface area contributed by atoms with E-state index in [4.69, 9.17) is 0 Å². The van der Waals surface area contributed by atoms with E-state index in [0.717, 1.165) is 12.3 Å². The van der Waals surface area contributed by atoms with E-state index in [9.17, 15) is 5.11 Å². The highest BCUT2D eigenvalue weighted by atomic mass is 16.3. The molecule has 1 nitrogen and oxygen atoms in total. The average Bonchev–Trinajstić information content (AvgIpc) is 2.39. The van der Waals surface area contributed by atoms with Crippen molar-refractivity contribution in [3.8, 4) is 0 Å². The average molecular weight is 152 g/mol. The number of hydrogen-bond acceptors (Lipinski definition) is 1. The Labute approximate surface area is 67.8 Å². The lowest BCUT2D eigenvalue weighted by molar-refractivity contribution is -0.0271. The fraction of sp³-hybridized carbons (Fsp3) is 1.00. The van der Waals surface area contributed by atoms with Gasteiger partial charge in [0.05, 0.1) is 6.10 Å². The van der Waals surface area contributed by atoms with E-state index in [1.807, 2.05) is 0 Å². The first kappa shape index (κ1) is 6.47. The Hall–Kier alpha value is -0.0400. The molecule has 0 saturated heterocycles. The predicted molar refractivity (Wildman–Crippen MR) is 43.1 cm³/mol. The fourth-order valence-electron chi connectivity index (χ4n) is 3.88. The SMILES string of the molecule is O[C@@H]1C[C@@H]2C[C@H]1C1(CCC1)C2. The number of hydrogen-bond donors (Lipinski definition) is 1. The highest BCUT2D eigenvalue weighted by Gasteiger charge is 2.57. The Kier molecular flexibility index (Phi) is 1.07. The molecule has 1 spiro atoms. The van der Waals surface area contributed by atoms with E-state index in [0.29, 0.717) is 11.3 Å². The predicted octanol–water partition coefficient (Wildman–Crippen LogP) is 1.95. The molecule has 3 atom stereocenters. The van der Waals surface area contributed by atoms with E-state index in [2.05, 4.69) is 0 Å². The molecule has 0 aromatic heterocycles. The van der Waals surface area contributed by atoms with Crippen LogP contribution in [0.1, 0.15) is 38.5 Å². The van der Waals surface area contributed by atoms with Gasteiger partial charge in [0, 0.05) is 0 Å². The number of rotatable bonds is 0. The van der Waals surface area contributed by atoms with Gasteiger partial charge in [-0.15, -0.1) is 0 Å². The van der Waals surface area contributed by atoms with Crippen LogP contribution in [-0.2, 0) is 0 Å². The second kappa shape index (κ2) is 1.82. The van der Waals surface area contributed by atoms with Gasteiger partial charge in [-0.2, -0.15) is 0 Å². The maximum Gasteiger partial charge on any atom is 0.0576 e. The first-order valence-corrected chi connectivity index (χ1v) is 4.98. The zero-order chi connectivity index (χ0) is 7.47. The van der Waals surface area contributed by atoms with Crippen LogP contribution in [0.3, 0.4) is 0 Å². The van der Waals surface area contributed by atoms with Crippen molar-refractivity contribution in [1.29, 1.82) is 0 Å². The number of aliphatic hydroxyl groups excluding tert-OH is 1. The van der Waals surface area contributed by atoms with Gasteiger partial charge in [0.25, 0.3) is 0 Å². The van der Waals surface area contributed by atoms with Gasteiger partial charge < -0.3 is 5.11 Å². The van der Waals surface area contributed by atoms with Gasteiger partial charge in [0.2, 0.25) is 0 Å². The molecular formula is C10H16O. The first-order valence-electron chi connectivity index (χ1n) is 4.98. The third-order valence-electron chi connectivity index (χ3n) is 4.46. The molecule has 0 aromatic rings. The highest BCUT2D eigenvalue weighted by Crippen LogP contribution is 2.64. The molecule has 0 aliphatic heterocycles. The quantitative estimate of drug-likeness (QED) is 0.562. The molecule has 0 aromatic carbocycles. The Morgan fingerprint density at radius 2 is 2.00 bits per heavy atom. The zero-order valence-corrected chi connectivity index (χ0v) is 6.92. The molecule has 3 aliphatic carbocycles. The lowest BCUT2D eigenvalue weighted by Crippen LogP contribution is -2.40. The first-order chi connectivity index (χ1) is 5.30. The zero-order valence-electron chi connectivity index (χ0n) is 6.92. The second-order valence-electron chi connectivity index (χ2n) is 4.93. The maximum atomic E-state index is 9.72. The summed E-state index contributed by atoms with van der Waals surface area (Å²) in [5.41, 5.74) is 0.655. The second-order valence-corrected chi connectivity index (χ2v) is 4.93. The van der Waals surface area contributed by atoms with Gasteiger partial charge in [0.15, 0.2) is 0 Å². The summed E-state index contributed by atoms with van der Waals surface area (Å²) in [6.07, 6.45) is 8.27. The minimum atomic E-state index is 0.0778. The van der Waals surface area contributed by atoms with Crippen molar-refractivity contribution in [3.63, 3.8) is 0 Å². The van der Waals surface area contributed by atoms with E-state index >= 15 is 0 Å². The van der Waals surface area contributed by atoms with Gasteiger partial charge in [-0.1, -0.05) is 6.42 Å². The molecule has 0 heterocycles. The van der Waals surface area contributed by atoms with Crippen molar-refractivity contribution in [2.75, 3.05) is 0 Å². The van der Waals surface area contributed by atoms with Gasteiger partial charge in [0.1, 0.15) is 0 Å². The lowest BCUT2D eigenvalue weighted by atomic mass is 9.59. The summed E-state index contributed by atoms with van der Waals surface area (Å²) >= 11 is 0. The molecule has 3 rings (SSSR count). The van der Waals surface area contributed by atoms with Crippen molar-refractivity contribution in [2.45, 2.75) is 44.6 Å². The van der Waals surface area contributed by atoms with Crippen molar-refractivity contribution < 1.29 is 5.11 Å². The van der Waals surface area contributed by atoms with E-state index in [-0.39, 0.29) is 6.10 Å². The van der Waals surface area contributed by atoms with Gasteiger partial charge >= 0.3 is 0 Å². The summed E-state index contributed by atoms with van der Waals surface area (Å²) in [6, 6.07) is 0. The molecule has 0 unspecified atom stereocenters. The summed E-state index contributed by atoms with van der Waals surface area (Å²) in [4.78, 5) is 0. The standard InChI is InChI=1S/C10H16O/c11-9-5-7-4-8(9)10(6-7)2-1-3-10/h7-9,11H,1-6H2/t7-,8+,9+/m0/s1. The van der Waals surface area contributed by atoms with Crippen LogP contribution in [0, 0.1) is 17.3 Å². The van der Waals surface area contributed by atoms with Crippen LogP contribution in [-0.4, -0.2) is 11.2 Å². The van der Waals surface area contributed by atoms with Crippen molar-refractivity contribution >= 4 is 0 Å². The van der Waals surface area contributed by atoms with Gasteiger partial charge in [-0.3, -0.25) is 0 Å². The number of fused-ring (bicyclic) bond motifs is 3. The summed E-state index contributed by atoms with van der Waals surface area (Å²) < 4.78 is 0. The normalized spacial score (nSPS) is 51.5. The van der Waals surface area contributed by atoms with Crippen LogP contribution in [0.5, 0.6) is 0 Å². The molecule has 11 heavy (non-hydrogen) atoms. The Balaban J connectivity index is 1.89. The Morgan fingerprint density at radius 1 is 1.18 bits per heavy atom. The van der Waals surface area contributed by atoms with Crippen molar-refractivity contribution in [3.05, 3.63) is 0 Å². The van der Waals surface area contributed by atoms with Crippen LogP contribution >= 0.6 is 0 Å². The van der Waals surface area contributed by atoms with E-state index in [1.54, 1.807) is 0 Å². The molecule has 0 amide bonds. The minimum absolute atomic E-state index is 0.0778. The van der Waals surface area contributed by atoms with Crippen LogP contribution in [0.2, 0.25) is 0 Å². The topological polar surface area (TPSA) is 20.2 Å². The van der Waals surface area contributed by atoms with Crippen LogP contribution in [0.4, 0.5) is 0 Å². The molecule has 2 bridgehead atoms. The van der Waals surface area contributed by atoms with Crippen LogP contribution in [0.25, 0.3) is 0 Å². The molecule has 1 heteroatoms. The summed E-state index contributed by atoms with van der Waals surface area (Å²) in [6.45, 7) is 0. The van der Waals surface area contributed by atoms with E-state index in [1.165, 1.54) is 32.1 Å². The van der Waals surface area contributed by atoms with Crippen LogP contribution < -0.4 is 0 Å². The Morgan fingerprint density at radius 3 is 2.36 bits per heavy atom. The molecule has 3 aliphatic rings. The summed E-state index contributed by atoms with van der Waals surface area (Å²) in [5, 5.41) is 9.72. The smallest absolute Gasteiger partial charge is 0.0576 e. The van der Waals surface area contributed by atoms with Crippen molar-refractivity contribution in [2.24, 2.45) is 17.3 Å². The molecule has 62 valence electrons. The van der Waals surface area contributed by atoms with E-state index < -0.39 is 0 Å². The van der Waals surface area contributed by atoms with Gasteiger partial charge in [-0.25, -0.2) is 0 Å². The fourth-order valence-corrected chi connectivity index (χ4v) is 3.88. The van der Waals surface area contributed by atoms with Crippen molar-refractivity contribution in [1.82, 2.24) is 0 Å². The molecular weight excluding hydrogens is 136 g/mol. The molecule has 1 N–H and O–H groups in total. The molecule has 3 fully saturated rings. The maximum absolute atomic E-state index is 9.72. The molecule has 3 saturated carbocycles. The Bertz CT molecular complexity index is 183. The van der Waals surface area contributed by atoms with Gasteiger partial charge in [-0.05, 0) is 49.4 Å². The van der Waals surface area contributed by atoms with Crippen LogP contribution in [0.15, 0.2) is 0 Å². The summed E-state index contributed by atoms with van der Waals surface area (Å²) in [7, 11) is 0.